The maximum absolute atomic E-state index is 13.8. The van der Waals surface area contributed by atoms with Crippen LogP contribution in [0.25, 0.3) is 0 Å². The van der Waals surface area contributed by atoms with Crippen LogP contribution in [0.5, 0.6) is 11.5 Å². The standard InChI is InChI=1S/C42H56N4O10S/c1-28(2)23-36(45-39(47)27-54-21-20-53-19-18-52-17-16-51-15-14-50-3)41(49)46-35(13-22-57-4)40(48)44-31-10-12-34-38(25-31)56-37-24-30(43)9-11-33(37)42(34)32-8-6-5-7-29(32)26-55-42/h5-12,24-25,28,35-36H,13-23,26-27,43H2,1-4H3,(H,44,48)(H,45,47)(H,46,49)/t35-,36-,42?/m0/s1. The zero-order valence-corrected chi connectivity index (χ0v) is 34.1. The van der Waals surface area contributed by atoms with E-state index in [4.69, 9.17) is 38.9 Å². The van der Waals surface area contributed by atoms with Crippen LogP contribution in [0.3, 0.4) is 0 Å². The van der Waals surface area contributed by atoms with Gasteiger partial charge in [-0.25, -0.2) is 0 Å². The Bertz CT molecular complexity index is 1800. The monoisotopic (exact) mass is 808 g/mol. The van der Waals surface area contributed by atoms with Gasteiger partial charge in [-0.2, -0.15) is 11.8 Å². The molecule has 0 bridgehead atoms. The smallest absolute Gasteiger partial charge is 0.246 e. The fourth-order valence-electron chi connectivity index (χ4n) is 6.76. The van der Waals surface area contributed by atoms with E-state index in [-0.39, 0.29) is 25.7 Å². The second-order valence-electron chi connectivity index (χ2n) is 14.2. The molecule has 2 aliphatic heterocycles. The highest BCUT2D eigenvalue weighted by Gasteiger charge is 2.49. The van der Waals surface area contributed by atoms with E-state index in [1.807, 2.05) is 56.5 Å². The summed E-state index contributed by atoms with van der Waals surface area (Å²) in [6.07, 6.45) is 2.68. The molecular weight excluding hydrogens is 753 g/mol. The summed E-state index contributed by atoms with van der Waals surface area (Å²) in [5.41, 5.74) is 10.1. The van der Waals surface area contributed by atoms with Crippen LogP contribution < -0.4 is 26.4 Å². The maximum atomic E-state index is 13.8. The molecule has 1 spiro atoms. The van der Waals surface area contributed by atoms with Gasteiger partial charge in [0.2, 0.25) is 17.7 Å². The third-order valence-corrected chi connectivity index (χ3v) is 10.1. The molecule has 3 aromatic rings. The number of anilines is 2. The minimum Gasteiger partial charge on any atom is -0.456 e. The Morgan fingerprint density at radius 1 is 0.789 bits per heavy atom. The lowest BCUT2D eigenvalue weighted by atomic mass is 9.77. The molecule has 2 aliphatic rings. The van der Waals surface area contributed by atoms with Crippen molar-refractivity contribution in [3.8, 4) is 11.5 Å². The molecule has 310 valence electrons. The Hall–Kier alpha value is -4.22. The maximum Gasteiger partial charge on any atom is 0.246 e. The molecule has 2 heterocycles. The van der Waals surface area contributed by atoms with Crippen molar-refractivity contribution >= 4 is 40.9 Å². The van der Waals surface area contributed by atoms with Crippen molar-refractivity contribution in [3.63, 3.8) is 0 Å². The second-order valence-corrected chi connectivity index (χ2v) is 15.1. The topological polar surface area (TPSA) is 178 Å². The summed E-state index contributed by atoms with van der Waals surface area (Å²) in [7, 11) is 1.62. The molecule has 0 saturated heterocycles. The summed E-state index contributed by atoms with van der Waals surface area (Å²) in [5.74, 6) is 0.509. The first-order chi connectivity index (χ1) is 27.7. The molecule has 0 aliphatic carbocycles. The number of thioether (sulfide) groups is 1. The Labute approximate surface area is 339 Å². The minimum atomic E-state index is -0.908. The molecule has 0 fully saturated rings. The fourth-order valence-corrected chi connectivity index (χ4v) is 7.24. The molecule has 14 nitrogen and oxygen atoms in total. The molecule has 0 saturated carbocycles. The molecule has 3 atom stereocenters. The van der Waals surface area contributed by atoms with E-state index in [0.29, 0.717) is 87.7 Å². The number of nitrogen functional groups attached to an aromatic ring is 1. The van der Waals surface area contributed by atoms with Gasteiger partial charge < -0.3 is 54.8 Å². The highest BCUT2D eigenvalue weighted by molar-refractivity contribution is 7.98. The lowest BCUT2D eigenvalue weighted by Crippen LogP contribution is -2.53. The first kappa shape index (κ1) is 43.9. The number of nitrogens with one attached hydrogen (secondary N) is 3. The van der Waals surface area contributed by atoms with Gasteiger partial charge in [0.15, 0.2) is 5.60 Å². The Morgan fingerprint density at radius 2 is 1.44 bits per heavy atom. The number of carbonyl (C=O) groups is 3. The average molecular weight is 809 g/mol. The normalized spacial score (nSPS) is 16.3. The van der Waals surface area contributed by atoms with Gasteiger partial charge in [0.25, 0.3) is 0 Å². The molecule has 57 heavy (non-hydrogen) atoms. The molecule has 1 unspecified atom stereocenters. The number of benzene rings is 3. The van der Waals surface area contributed by atoms with Crippen LogP contribution in [-0.2, 0) is 55.0 Å². The number of nitrogens with two attached hydrogens (primary N) is 1. The van der Waals surface area contributed by atoms with Crippen molar-refractivity contribution in [3.05, 3.63) is 82.9 Å². The quantitative estimate of drug-likeness (QED) is 0.0731. The van der Waals surface area contributed by atoms with Crippen molar-refractivity contribution in [1.82, 2.24) is 10.6 Å². The summed E-state index contributed by atoms with van der Waals surface area (Å²) >= 11 is 1.56. The predicted octanol–water partition coefficient (Wildman–Crippen LogP) is 4.62. The van der Waals surface area contributed by atoms with Gasteiger partial charge in [-0.3, -0.25) is 14.4 Å². The van der Waals surface area contributed by atoms with Crippen LogP contribution in [0.2, 0.25) is 0 Å². The van der Waals surface area contributed by atoms with E-state index >= 15 is 0 Å². The average Bonchev–Trinajstić information content (AvgIpc) is 3.57. The molecule has 5 N–H and O–H groups in total. The van der Waals surface area contributed by atoms with E-state index in [0.717, 1.165) is 22.3 Å². The van der Waals surface area contributed by atoms with Crippen LogP contribution in [-0.4, -0.2) is 108 Å². The number of methoxy groups -OCH3 is 1. The summed E-state index contributed by atoms with van der Waals surface area (Å²) in [6, 6.07) is 17.4. The summed E-state index contributed by atoms with van der Waals surface area (Å²) in [6.45, 7) is 7.38. The van der Waals surface area contributed by atoms with Crippen LogP contribution in [0.15, 0.2) is 60.7 Å². The number of hydrogen-bond donors (Lipinski definition) is 4. The number of rotatable bonds is 24. The van der Waals surface area contributed by atoms with Gasteiger partial charge in [-0.1, -0.05) is 38.1 Å². The summed E-state index contributed by atoms with van der Waals surface area (Å²) in [4.78, 5) is 40.4. The first-order valence-electron chi connectivity index (χ1n) is 19.3. The van der Waals surface area contributed by atoms with Gasteiger partial charge in [0.1, 0.15) is 30.2 Å². The third kappa shape index (κ3) is 11.9. The second kappa shape index (κ2) is 22.1. The van der Waals surface area contributed by atoms with E-state index in [2.05, 4.69) is 28.1 Å². The number of amides is 3. The van der Waals surface area contributed by atoms with Crippen molar-refractivity contribution in [1.29, 1.82) is 0 Å². The Balaban J connectivity index is 1.16. The Morgan fingerprint density at radius 3 is 2.12 bits per heavy atom. The molecule has 5 rings (SSSR count). The summed E-state index contributed by atoms with van der Waals surface area (Å²) < 4.78 is 39.7. The highest BCUT2D eigenvalue weighted by atomic mass is 32.2. The van der Waals surface area contributed by atoms with E-state index < -0.39 is 35.4 Å². The van der Waals surface area contributed by atoms with Gasteiger partial charge in [0, 0.05) is 41.7 Å². The van der Waals surface area contributed by atoms with Crippen LogP contribution in [0.1, 0.15) is 48.9 Å². The SMILES string of the molecule is COCCOCCOCCOCCOCC(=O)N[C@@H](CC(C)C)C(=O)N[C@@H](CCSC)C(=O)Nc1ccc2c(c1)Oc1cc(N)ccc1C21OCc2ccccc21. The van der Waals surface area contributed by atoms with E-state index in [1.165, 1.54) is 0 Å². The molecule has 15 heteroatoms. The Kier molecular flexibility index (Phi) is 17.0. The number of hydrogen-bond acceptors (Lipinski definition) is 12. The highest BCUT2D eigenvalue weighted by Crippen LogP contribution is 2.56. The number of carbonyl (C=O) groups excluding carboxylic acids is 3. The first-order valence-corrected chi connectivity index (χ1v) is 20.7. The van der Waals surface area contributed by atoms with Gasteiger partial charge in [0.05, 0.1) is 59.5 Å². The molecule has 0 aromatic heterocycles. The predicted molar refractivity (Wildman–Crippen MR) is 219 cm³/mol. The third-order valence-electron chi connectivity index (χ3n) is 9.46. The van der Waals surface area contributed by atoms with Crippen molar-refractivity contribution in [2.45, 2.75) is 51.0 Å². The zero-order valence-electron chi connectivity index (χ0n) is 33.3. The number of fused-ring (bicyclic) bond motifs is 6. The zero-order chi connectivity index (χ0) is 40.6. The minimum absolute atomic E-state index is 0.0862. The largest absolute Gasteiger partial charge is 0.456 e. The van der Waals surface area contributed by atoms with Crippen molar-refractivity contribution in [2.24, 2.45) is 5.92 Å². The molecular formula is C42H56N4O10S. The summed E-state index contributed by atoms with van der Waals surface area (Å²) in [5, 5.41) is 8.67. The van der Waals surface area contributed by atoms with Crippen LogP contribution in [0, 0.1) is 5.92 Å². The fraction of sp³-hybridized carbons (Fsp3) is 0.500. The molecule has 0 radical (unpaired) electrons. The van der Waals surface area contributed by atoms with Gasteiger partial charge in [-0.05, 0) is 66.2 Å². The molecule has 3 aromatic carbocycles. The lowest BCUT2D eigenvalue weighted by molar-refractivity contribution is -0.133. The van der Waals surface area contributed by atoms with Gasteiger partial charge >= 0.3 is 0 Å². The van der Waals surface area contributed by atoms with Crippen LogP contribution >= 0.6 is 11.8 Å². The molecule has 3 amide bonds. The number of ether oxygens (including phenoxy) is 7. The lowest BCUT2D eigenvalue weighted by Gasteiger charge is -2.37. The van der Waals surface area contributed by atoms with Crippen molar-refractivity contribution < 1.29 is 47.5 Å². The van der Waals surface area contributed by atoms with E-state index in [9.17, 15) is 14.4 Å². The van der Waals surface area contributed by atoms with Crippen LogP contribution in [0.4, 0.5) is 11.4 Å². The van der Waals surface area contributed by atoms with E-state index in [1.54, 1.807) is 31.0 Å². The van der Waals surface area contributed by atoms with Crippen molar-refractivity contribution in [2.75, 3.05) is 89.6 Å². The van der Waals surface area contributed by atoms with Gasteiger partial charge in [-0.15, -0.1) is 0 Å².